The van der Waals surface area contributed by atoms with E-state index >= 15 is 0 Å². The van der Waals surface area contributed by atoms with Crippen LogP contribution in [0, 0.1) is 48.5 Å². The van der Waals surface area contributed by atoms with Crippen molar-refractivity contribution in [1.82, 2.24) is 0 Å². The number of aryl methyl sites for hydroxylation is 7. The minimum atomic E-state index is 1.06. The van der Waals surface area contributed by atoms with Crippen LogP contribution in [0.25, 0.3) is 10.8 Å². The van der Waals surface area contributed by atoms with Gasteiger partial charge < -0.3 is 19.6 Å². The normalized spacial score (nSPS) is 11.1. The molecule has 338 valence electrons. The molecule has 0 unspecified atom stereocenters. The zero-order chi connectivity index (χ0) is 47.6. The zero-order valence-electron chi connectivity index (χ0n) is 40.7. The molecular weight excluding hydrogens is 837 g/mol. The number of fused-ring (bicyclic) bond motifs is 1. The minimum absolute atomic E-state index is 1.06. The Balaban J connectivity index is 1.09. The van der Waals surface area contributed by atoms with E-state index in [1.165, 1.54) is 55.4 Å². The summed E-state index contributed by atoms with van der Waals surface area (Å²) in [6.07, 6.45) is 0. The average molecular weight is 895 g/mol. The Hall–Kier alpha value is -8.34. The molecule has 0 saturated heterocycles. The predicted molar refractivity (Wildman–Crippen MR) is 296 cm³/mol. The Labute approximate surface area is 408 Å². The highest BCUT2D eigenvalue weighted by Gasteiger charge is 2.22. The van der Waals surface area contributed by atoms with E-state index in [0.29, 0.717) is 0 Å². The van der Waals surface area contributed by atoms with Gasteiger partial charge in [-0.2, -0.15) is 0 Å². The SMILES string of the molecule is Cc1ccc(N(c2cccc(C)c2)c2cccc(N(c3ccc(N(c4ccc(N(c5ccc(C)cc5)c5ccccc5C)cc4)c4c(C)cc(C)cc4C)cc3)c3ccc4ccccc4c3)c2)cc1. The molecule has 0 atom stereocenters. The van der Waals surface area contributed by atoms with Gasteiger partial charge in [0, 0.05) is 62.6 Å². The molecule has 10 aromatic rings. The lowest BCUT2D eigenvalue weighted by Gasteiger charge is -2.32. The van der Waals surface area contributed by atoms with Crippen LogP contribution in [0.4, 0.5) is 68.2 Å². The molecule has 0 radical (unpaired) electrons. The van der Waals surface area contributed by atoms with Gasteiger partial charge in [-0.3, -0.25) is 0 Å². The van der Waals surface area contributed by atoms with Crippen LogP contribution in [-0.2, 0) is 0 Å². The van der Waals surface area contributed by atoms with Crippen molar-refractivity contribution in [3.05, 3.63) is 263 Å². The fourth-order valence-electron chi connectivity index (χ4n) is 9.81. The van der Waals surface area contributed by atoms with Gasteiger partial charge in [0.05, 0.1) is 5.69 Å². The molecule has 0 saturated carbocycles. The molecule has 0 aliphatic rings. The Morgan fingerprint density at radius 3 is 1.14 bits per heavy atom. The van der Waals surface area contributed by atoms with Gasteiger partial charge in [-0.1, -0.05) is 120 Å². The highest BCUT2D eigenvalue weighted by molar-refractivity contribution is 5.91. The Kier molecular flexibility index (Phi) is 12.3. The lowest BCUT2D eigenvalue weighted by Crippen LogP contribution is -2.15. The highest BCUT2D eigenvalue weighted by atomic mass is 15.2. The molecule has 0 aliphatic heterocycles. The lowest BCUT2D eigenvalue weighted by molar-refractivity contribution is 1.19. The van der Waals surface area contributed by atoms with Crippen LogP contribution in [-0.4, -0.2) is 0 Å². The van der Waals surface area contributed by atoms with E-state index in [1.54, 1.807) is 0 Å². The molecule has 69 heavy (non-hydrogen) atoms. The topological polar surface area (TPSA) is 13.0 Å². The summed E-state index contributed by atoms with van der Waals surface area (Å²) in [6.45, 7) is 15.3. The smallest absolute Gasteiger partial charge is 0.0520 e. The minimum Gasteiger partial charge on any atom is -0.310 e. The maximum atomic E-state index is 2.42. The van der Waals surface area contributed by atoms with E-state index in [4.69, 9.17) is 0 Å². The van der Waals surface area contributed by atoms with Gasteiger partial charge in [0.2, 0.25) is 0 Å². The number of hydrogen-bond donors (Lipinski definition) is 0. The number of rotatable bonds is 12. The van der Waals surface area contributed by atoms with Gasteiger partial charge in [0.25, 0.3) is 0 Å². The van der Waals surface area contributed by atoms with Crippen LogP contribution >= 0.6 is 0 Å². The first-order valence-electron chi connectivity index (χ1n) is 23.9. The fraction of sp³-hybridized carbons (Fsp3) is 0.108. The van der Waals surface area contributed by atoms with E-state index in [0.717, 1.165) is 62.6 Å². The number of anilines is 12. The largest absolute Gasteiger partial charge is 0.310 e. The van der Waals surface area contributed by atoms with Gasteiger partial charge in [-0.05, 0) is 203 Å². The number of nitrogens with zero attached hydrogens (tertiary/aromatic N) is 4. The summed E-state index contributed by atoms with van der Waals surface area (Å²) >= 11 is 0. The van der Waals surface area contributed by atoms with E-state index < -0.39 is 0 Å². The number of para-hydroxylation sites is 1. The molecule has 10 rings (SSSR count). The van der Waals surface area contributed by atoms with Crippen LogP contribution in [0.15, 0.2) is 224 Å². The van der Waals surface area contributed by atoms with E-state index in [9.17, 15) is 0 Å². The summed E-state index contributed by atoms with van der Waals surface area (Å²) in [5.74, 6) is 0. The highest BCUT2D eigenvalue weighted by Crippen LogP contribution is 2.45. The average Bonchev–Trinajstić information content (AvgIpc) is 3.35. The second-order valence-electron chi connectivity index (χ2n) is 18.5. The third-order valence-electron chi connectivity index (χ3n) is 13.1. The third kappa shape index (κ3) is 9.22. The standard InChI is InChI=1S/C65H58N4/c1-45-22-27-54(28-23-45)66(60-18-12-14-47(3)42-60)61-19-13-20-62(44-61)67(63-31-26-52-16-9-10-17-53(52)43-63)55-32-36-58(37-33-55)69(65-50(6)40-48(4)41-51(65)7)59-38-34-57(35-39-59)68(56-29-24-46(2)25-30-56)64-21-11-8-15-49(64)5/h8-44H,1-7H3. The second-order valence-corrected chi connectivity index (χ2v) is 18.5. The Morgan fingerprint density at radius 2 is 0.623 bits per heavy atom. The zero-order valence-corrected chi connectivity index (χ0v) is 40.7. The molecule has 0 heterocycles. The van der Waals surface area contributed by atoms with Gasteiger partial charge in [-0.25, -0.2) is 0 Å². The van der Waals surface area contributed by atoms with Crippen molar-refractivity contribution in [2.24, 2.45) is 0 Å². The van der Waals surface area contributed by atoms with Crippen molar-refractivity contribution in [2.45, 2.75) is 48.5 Å². The van der Waals surface area contributed by atoms with E-state index in [2.05, 4.69) is 293 Å². The van der Waals surface area contributed by atoms with Gasteiger partial charge >= 0.3 is 0 Å². The molecule has 0 N–H and O–H groups in total. The fourth-order valence-corrected chi connectivity index (χ4v) is 9.81. The number of hydrogen-bond acceptors (Lipinski definition) is 4. The molecule has 4 heteroatoms. The summed E-state index contributed by atoms with van der Waals surface area (Å²) in [4.78, 5) is 9.52. The molecule has 0 amide bonds. The summed E-state index contributed by atoms with van der Waals surface area (Å²) in [7, 11) is 0. The van der Waals surface area contributed by atoms with Crippen molar-refractivity contribution in [3.8, 4) is 0 Å². The Bertz CT molecular complexity index is 3390. The lowest BCUT2D eigenvalue weighted by atomic mass is 10.0. The van der Waals surface area contributed by atoms with Crippen molar-refractivity contribution in [1.29, 1.82) is 0 Å². The second kappa shape index (κ2) is 19.1. The van der Waals surface area contributed by atoms with Crippen LogP contribution in [0.2, 0.25) is 0 Å². The molecule has 10 aromatic carbocycles. The third-order valence-corrected chi connectivity index (χ3v) is 13.1. The van der Waals surface area contributed by atoms with Crippen LogP contribution < -0.4 is 19.6 Å². The summed E-state index contributed by atoms with van der Waals surface area (Å²) in [5, 5.41) is 2.40. The summed E-state index contributed by atoms with van der Waals surface area (Å²) < 4.78 is 0. The molecule has 0 spiro atoms. The quantitative estimate of drug-likeness (QED) is 0.121. The van der Waals surface area contributed by atoms with Crippen molar-refractivity contribution in [3.63, 3.8) is 0 Å². The summed E-state index contributed by atoms with van der Waals surface area (Å²) in [5.41, 5.74) is 21.8. The van der Waals surface area contributed by atoms with Crippen LogP contribution in [0.5, 0.6) is 0 Å². The molecular formula is C65H58N4. The van der Waals surface area contributed by atoms with Gasteiger partial charge in [0.15, 0.2) is 0 Å². The predicted octanol–water partition coefficient (Wildman–Crippen LogP) is 18.9. The molecule has 0 fully saturated rings. The molecule has 0 aromatic heterocycles. The van der Waals surface area contributed by atoms with Crippen molar-refractivity contribution in [2.75, 3.05) is 19.6 Å². The molecule has 0 aliphatic carbocycles. The first-order chi connectivity index (χ1) is 33.6. The summed E-state index contributed by atoms with van der Waals surface area (Å²) in [6, 6.07) is 82.0. The van der Waals surface area contributed by atoms with Gasteiger partial charge in [-0.15, -0.1) is 0 Å². The first kappa shape index (κ1) is 44.5. The number of benzene rings is 10. The maximum absolute atomic E-state index is 2.42. The van der Waals surface area contributed by atoms with Crippen LogP contribution in [0.3, 0.4) is 0 Å². The Morgan fingerprint density at radius 1 is 0.217 bits per heavy atom. The van der Waals surface area contributed by atoms with E-state index in [-0.39, 0.29) is 0 Å². The van der Waals surface area contributed by atoms with Crippen molar-refractivity contribution >= 4 is 79.0 Å². The molecule has 4 nitrogen and oxygen atoms in total. The monoisotopic (exact) mass is 894 g/mol. The maximum Gasteiger partial charge on any atom is 0.0520 e. The van der Waals surface area contributed by atoms with Crippen LogP contribution in [0.1, 0.15) is 38.9 Å². The van der Waals surface area contributed by atoms with Gasteiger partial charge in [0.1, 0.15) is 0 Å². The van der Waals surface area contributed by atoms with Crippen molar-refractivity contribution < 1.29 is 0 Å². The first-order valence-corrected chi connectivity index (χ1v) is 23.9. The molecule has 0 bridgehead atoms. The van der Waals surface area contributed by atoms with E-state index in [1.807, 2.05) is 0 Å².